The third-order valence-electron chi connectivity index (χ3n) is 5.21. The van der Waals surface area contributed by atoms with Gasteiger partial charge in [0.2, 0.25) is 5.95 Å². The third kappa shape index (κ3) is 2.87. The molecule has 1 atom stereocenters. The molecule has 9 nitrogen and oxygen atoms in total. The highest BCUT2D eigenvalue weighted by atomic mass is 16.6. The minimum atomic E-state index is -0.448. The van der Waals surface area contributed by atoms with Crippen molar-refractivity contribution in [1.29, 1.82) is 0 Å². The molecule has 0 saturated heterocycles. The monoisotopic (exact) mass is 388 g/mol. The first-order valence-corrected chi connectivity index (χ1v) is 9.26. The number of nitrogens with zero attached hydrogens (tertiary/aromatic N) is 5. The van der Waals surface area contributed by atoms with E-state index >= 15 is 0 Å². The minimum Gasteiger partial charge on any atom is -0.328 e. The molecule has 0 fully saturated rings. The van der Waals surface area contributed by atoms with Gasteiger partial charge in [0.25, 0.3) is 5.69 Å². The van der Waals surface area contributed by atoms with Gasteiger partial charge in [0.1, 0.15) is 6.04 Å². The van der Waals surface area contributed by atoms with Crippen LogP contribution < -0.4 is 5.32 Å². The Morgan fingerprint density at radius 3 is 2.79 bits per heavy atom. The van der Waals surface area contributed by atoms with Crippen LogP contribution in [0.25, 0.3) is 11.4 Å². The molecule has 2 aromatic heterocycles. The van der Waals surface area contributed by atoms with E-state index in [0.29, 0.717) is 29.3 Å². The molecule has 29 heavy (non-hydrogen) atoms. The lowest BCUT2D eigenvalue weighted by Gasteiger charge is -2.32. The molecular formula is C20H16N6O3. The van der Waals surface area contributed by atoms with Crippen molar-refractivity contribution in [1.82, 2.24) is 19.7 Å². The Morgan fingerprint density at radius 1 is 1.17 bits per heavy atom. The summed E-state index contributed by atoms with van der Waals surface area (Å²) >= 11 is 0. The van der Waals surface area contributed by atoms with Crippen LogP contribution in [0.3, 0.4) is 0 Å². The zero-order valence-electron chi connectivity index (χ0n) is 15.3. The second-order valence-electron chi connectivity index (χ2n) is 6.99. The lowest BCUT2D eigenvalue weighted by Crippen LogP contribution is -2.31. The van der Waals surface area contributed by atoms with Crippen molar-refractivity contribution >= 4 is 17.4 Å². The number of carbonyl (C=O) groups excluding carboxylic acids is 1. The van der Waals surface area contributed by atoms with Crippen LogP contribution in [0.2, 0.25) is 0 Å². The third-order valence-corrected chi connectivity index (χ3v) is 5.21. The molecule has 3 aromatic rings. The van der Waals surface area contributed by atoms with Gasteiger partial charge in [-0.25, -0.2) is 4.68 Å². The fourth-order valence-corrected chi connectivity index (χ4v) is 3.89. The fourth-order valence-electron chi connectivity index (χ4n) is 3.89. The molecular weight excluding hydrogens is 372 g/mol. The van der Waals surface area contributed by atoms with Gasteiger partial charge in [0.05, 0.1) is 4.92 Å². The van der Waals surface area contributed by atoms with E-state index in [4.69, 9.17) is 0 Å². The molecule has 1 aromatic carbocycles. The normalized spacial score (nSPS) is 18.1. The Hall–Kier alpha value is -3.88. The Balaban J connectivity index is 1.66. The molecule has 1 unspecified atom stereocenters. The highest BCUT2D eigenvalue weighted by Gasteiger charge is 2.36. The number of non-ortho nitro benzene ring substituents is 1. The summed E-state index contributed by atoms with van der Waals surface area (Å²) in [5, 5.41) is 19.0. The van der Waals surface area contributed by atoms with Crippen LogP contribution in [0.4, 0.5) is 11.6 Å². The van der Waals surface area contributed by atoms with E-state index in [1.807, 2.05) is 12.1 Å². The maximum atomic E-state index is 12.8. The van der Waals surface area contributed by atoms with Crippen LogP contribution in [0.1, 0.15) is 30.9 Å². The van der Waals surface area contributed by atoms with E-state index in [-0.39, 0.29) is 11.5 Å². The van der Waals surface area contributed by atoms with Crippen LogP contribution in [0.5, 0.6) is 0 Å². The van der Waals surface area contributed by atoms with Gasteiger partial charge in [0, 0.05) is 47.8 Å². The standard InChI is InChI=1S/C20H16N6O3/c27-16-6-2-5-15-17(16)18(12-7-9-21-10-8-12)25-20(22-15)23-19(24-25)13-3-1-4-14(11-13)26(28)29/h1,3-4,7-11,18H,2,5-6H2,(H,22,23,24). The Kier molecular flexibility index (Phi) is 3.94. The highest BCUT2D eigenvalue weighted by molar-refractivity contribution is 5.99. The number of hydrogen-bond acceptors (Lipinski definition) is 7. The fraction of sp³-hybridized carbons (Fsp3) is 0.200. The van der Waals surface area contributed by atoms with Gasteiger partial charge in [-0.05, 0) is 30.5 Å². The topological polar surface area (TPSA) is 116 Å². The number of hydrogen-bond donors (Lipinski definition) is 1. The van der Waals surface area contributed by atoms with Crippen LogP contribution in [-0.2, 0) is 4.79 Å². The van der Waals surface area contributed by atoms with Crippen LogP contribution >= 0.6 is 0 Å². The average Bonchev–Trinajstić information content (AvgIpc) is 3.17. The summed E-state index contributed by atoms with van der Waals surface area (Å²) in [4.78, 5) is 32.1. The zero-order chi connectivity index (χ0) is 20.0. The van der Waals surface area contributed by atoms with E-state index in [1.165, 1.54) is 12.1 Å². The van der Waals surface area contributed by atoms with E-state index in [2.05, 4.69) is 20.4 Å². The van der Waals surface area contributed by atoms with Crippen molar-refractivity contribution < 1.29 is 9.72 Å². The van der Waals surface area contributed by atoms with Crippen LogP contribution in [-0.4, -0.2) is 30.5 Å². The molecule has 0 radical (unpaired) electrons. The Labute approximate surface area is 165 Å². The SMILES string of the molecule is O=C1CCCC2=C1C(c1ccncc1)n1nc(-c3cccc([N+](=O)[O-])c3)nc1N2. The molecule has 1 aliphatic heterocycles. The molecule has 0 bridgehead atoms. The predicted molar refractivity (Wildman–Crippen MR) is 104 cm³/mol. The number of ketones is 1. The number of pyridine rings is 1. The number of allylic oxidation sites excluding steroid dienone is 2. The van der Waals surface area contributed by atoms with Gasteiger partial charge in [-0.15, -0.1) is 5.10 Å². The molecule has 1 N–H and O–H groups in total. The number of nitro groups is 1. The highest BCUT2D eigenvalue weighted by Crippen LogP contribution is 2.40. The van der Waals surface area contributed by atoms with Gasteiger partial charge in [-0.1, -0.05) is 12.1 Å². The zero-order valence-corrected chi connectivity index (χ0v) is 15.3. The Morgan fingerprint density at radius 2 is 2.00 bits per heavy atom. The Bertz CT molecular complexity index is 1170. The number of rotatable bonds is 3. The van der Waals surface area contributed by atoms with Crippen LogP contribution in [0, 0.1) is 10.1 Å². The molecule has 0 saturated carbocycles. The van der Waals surface area contributed by atoms with Crippen molar-refractivity contribution in [2.24, 2.45) is 0 Å². The lowest BCUT2D eigenvalue weighted by molar-refractivity contribution is -0.384. The van der Waals surface area contributed by atoms with E-state index in [9.17, 15) is 14.9 Å². The van der Waals surface area contributed by atoms with E-state index < -0.39 is 11.0 Å². The van der Waals surface area contributed by atoms with E-state index in [1.54, 1.807) is 29.2 Å². The number of anilines is 1. The van der Waals surface area contributed by atoms with Gasteiger partial charge in [-0.2, -0.15) is 4.98 Å². The van der Waals surface area contributed by atoms with Crippen molar-refractivity contribution in [2.45, 2.75) is 25.3 Å². The van der Waals surface area contributed by atoms with Crippen molar-refractivity contribution in [2.75, 3.05) is 5.32 Å². The summed E-state index contributed by atoms with van der Waals surface area (Å²) in [6.45, 7) is 0. The summed E-state index contributed by atoms with van der Waals surface area (Å²) < 4.78 is 1.69. The maximum Gasteiger partial charge on any atom is 0.270 e. The predicted octanol–water partition coefficient (Wildman–Crippen LogP) is 3.27. The molecule has 9 heteroatoms. The summed E-state index contributed by atoms with van der Waals surface area (Å²) in [5.74, 6) is 0.975. The number of fused-ring (bicyclic) bond motifs is 1. The van der Waals surface area contributed by atoms with Gasteiger partial charge in [0.15, 0.2) is 11.6 Å². The summed E-state index contributed by atoms with van der Waals surface area (Å²) in [5.41, 5.74) is 2.97. The molecule has 3 heterocycles. The number of Topliss-reactive ketones (excluding diaryl/α,β-unsaturated/α-hetero) is 1. The first-order chi connectivity index (χ1) is 14.1. The molecule has 5 rings (SSSR count). The van der Waals surface area contributed by atoms with Gasteiger partial charge in [-0.3, -0.25) is 19.9 Å². The number of carbonyl (C=O) groups is 1. The van der Waals surface area contributed by atoms with Crippen molar-refractivity contribution in [3.05, 3.63) is 75.7 Å². The molecule has 0 amide bonds. The number of nitro benzene ring substituents is 1. The number of aromatic nitrogens is 4. The number of nitrogens with one attached hydrogen (secondary N) is 1. The minimum absolute atomic E-state index is 0.0264. The lowest BCUT2D eigenvalue weighted by atomic mass is 9.86. The average molecular weight is 388 g/mol. The van der Waals surface area contributed by atoms with Gasteiger partial charge < -0.3 is 5.32 Å². The summed E-state index contributed by atoms with van der Waals surface area (Å²) in [6.07, 6.45) is 5.43. The summed E-state index contributed by atoms with van der Waals surface area (Å²) in [6, 6.07) is 9.53. The molecule has 1 aliphatic carbocycles. The smallest absolute Gasteiger partial charge is 0.270 e. The second-order valence-corrected chi connectivity index (χ2v) is 6.99. The second kappa shape index (κ2) is 6.62. The largest absolute Gasteiger partial charge is 0.328 e. The van der Waals surface area contributed by atoms with E-state index in [0.717, 1.165) is 24.1 Å². The van der Waals surface area contributed by atoms with Crippen molar-refractivity contribution in [3.63, 3.8) is 0 Å². The quantitative estimate of drug-likeness (QED) is 0.541. The molecule has 144 valence electrons. The first kappa shape index (κ1) is 17.2. The summed E-state index contributed by atoms with van der Waals surface area (Å²) in [7, 11) is 0. The van der Waals surface area contributed by atoms with Crippen molar-refractivity contribution in [3.8, 4) is 11.4 Å². The van der Waals surface area contributed by atoms with Gasteiger partial charge >= 0.3 is 0 Å². The maximum absolute atomic E-state index is 12.8. The molecule has 2 aliphatic rings. The molecule has 0 spiro atoms. The van der Waals surface area contributed by atoms with Crippen LogP contribution in [0.15, 0.2) is 60.1 Å². The first-order valence-electron chi connectivity index (χ1n) is 9.26. The number of benzene rings is 1.